The third kappa shape index (κ3) is 2.45. The third-order valence-corrected chi connectivity index (χ3v) is 9.60. The van der Waals surface area contributed by atoms with Gasteiger partial charge >= 0.3 is 0 Å². The quantitative estimate of drug-likeness (QED) is 0.510. The lowest BCUT2D eigenvalue weighted by atomic mass is 9.46. The van der Waals surface area contributed by atoms with Crippen LogP contribution < -0.4 is 0 Å². The van der Waals surface area contributed by atoms with Gasteiger partial charge in [-0.1, -0.05) is 24.6 Å². The second-order valence-corrected chi connectivity index (χ2v) is 10.5. The summed E-state index contributed by atoms with van der Waals surface area (Å²) in [5.41, 5.74) is 3.09. The summed E-state index contributed by atoms with van der Waals surface area (Å²) in [5, 5.41) is 12.7. The van der Waals surface area contributed by atoms with Crippen LogP contribution in [0.15, 0.2) is 16.8 Å². The molecule has 0 amide bonds. The highest BCUT2D eigenvalue weighted by Gasteiger charge is 2.62. The Labute approximate surface area is 163 Å². The summed E-state index contributed by atoms with van der Waals surface area (Å²) in [6.07, 6.45) is 12.0. The lowest BCUT2D eigenvalue weighted by Crippen LogP contribution is -2.53. The van der Waals surface area contributed by atoms with Gasteiger partial charge in [0.05, 0.1) is 18.9 Å². The van der Waals surface area contributed by atoms with Crippen LogP contribution in [0, 0.1) is 34.5 Å². The first-order chi connectivity index (χ1) is 12.9. The van der Waals surface area contributed by atoms with Crippen LogP contribution in [-0.4, -0.2) is 29.9 Å². The number of fused-ring (bicyclic) bond motifs is 5. The molecule has 1 saturated heterocycles. The average molecular weight is 374 g/mol. The Balaban J connectivity index is 1.44. The van der Waals surface area contributed by atoms with Crippen LogP contribution in [0.1, 0.15) is 72.1 Å². The smallest absolute Gasteiger partial charge is 0.169 e. The summed E-state index contributed by atoms with van der Waals surface area (Å²) >= 11 is 0. The van der Waals surface area contributed by atoms with Crippen molar-refractivity contribution in [2.24, 2.45) is 39.7 Å². The molecule has 0 aromatic rings. The van der Waals surface area contributed by atoms with Crippen LogP contribution in [0.2, 0.25) is 0 Å². The number of hydrogen-bond donors (Lipinski definition) is 1. The predicted octanol–water partition coefficient (Wildman–Crippen LogP) is 5.16. The first kappa shape index (κ1) is 18.2. The van der Waals surface area contributed by atoms with Gasteiger partial charge in [-0.25, -0.2) is 0 Å². The second kappa shape index (κ2) is 6.06. The molecule has 0 spiro atoms. The Bertz CT molecular complexity index is 679. The fourth-order valence-electron chi connectivity index (χ4n) is 8.24. The van der Waals surface area contributed by atoms with E-state index < -0.39 is 0 Å². The first-order valence-electron chi connectivity index (χ1n) is 11.1. The summed E-state index contributed by atoms with van der Waals surface area (Å²) in [6, 6.07) is 0. The normalized spacial score (nSPS) is 50.0. The van der Waals surface area contributed by atoms with Crippen molar-refractivity contribution in [1.29, 1.82) is 0 Å². The van der Waals surface area contributed by atoms with E-state index in [0.717, 1.165) is 49.5 Å². The van der Waals surface area contributed by atoms with Crippen molar-refractivity contribution in [1.82, 2.24) is 0 Å². The molecule has 0 aromatic carbocycles. The van der Waals surface area contributed by atoms with E-state index in [9.17, 15) is 5.21 Å². The van der Waals surface area contributed by atoms with Gasteiger partial charge in [-0.15, -0.1) is 0 Å². The molecule has 4 nitrogen and oxygen atoms in total. The van der Waals surface area contributed by atoms with E-state index >= 15 is 0 Å². The van der Waals surface area contributed by atoms with Crippen molar-refractivity contribution < 1.29 is 14.7 Å². The van der Waals surface area contributed by atoms with Gasteiger partial charge in [-0.3, -0.25) is 0 Å². The highest BCUT2D eigenvalue weighted by molar-refractivity contribution is 5.96. The zero-order valence-electron chi connectivity index (χ0n) is 17.2. The van der Waals surface area contributed by atoms with E-state index in [0.29, 0.717) is 16.7 Å². The van der Waals surface area contributed by atoms with Crippen molar-refractivity contribution >= 4 is 5.71 Å². The number of oxime groups is 1. The first-order valence-corrected chi connectivity index (χ1v) is 11.1. The number of ether oxygens (including phenoxy) is 2. The molecule has 0 radical (unpaired) electrons. The number of rotatable bonds is 1. The lowest BCUT2D eigenvalue weighted by Gasteiger charge is -2.59. The molecule has 1 heterocycles. The zero-order chi connectivity index (χ0) is 18.9. The molecule has 27 heavy (non-hydrogen) atoms. The van der Waals surface area contributed by atoms with Crippen molar-refractivity contribution in [2.45, 2.75) is 77.9 Å². The van der Waals surface area contributed by atoms with Gasteiger partial charge in [0.25, 0.3) is 0 Å². The minimum absolute atomic E-state index is 0.306. The summed E-state index contributed by atoms with van der Waals surface area (Å²) in [7, 11) is 0. The standard InChI is InChI=1S/C23H35NO3/c1-21-10-8-16(24-25)14-15(21)4-5-17-18-6-7-20(23(3)26-12-13-27-23)22(18,2)11-9-19(17)21/h14,17-20,25H,4-13H2,1-3H3/t17-,18-,19-,20-,21-,22-/m0/s1. The van der Waals surface area contributed by atoms with E-state index in [2.05, 4.69) is 32.0 Å². The monoisotopic (exact) mass is 373 g/mol. The molecule has 150 valence electrons. The maximum Gasteiger partial charge on any atom is 0.169 e. The maximum atomic E-state index is 9.23. The van der Waals surface area contributed by atoms with Crippen LogP contribution >= 0.6 is 0 Å². The molecule has 6 atom stereocenters. The molecular formula is C23H35NO3. The van der Waals surface area contributed by atoms with Crippen LogP contribution in [0.5, 0.6) is 0 Å². The molecular weight excluding hydrogens is 338 g/mol. The zero-order valence-corrected chi connectivity index (χ0v) is 17.2. The van der Waals surface area contributed by atoms with E-state index in [1.165, 1.54) is 38.5 Å². The van der Waals surface area contributed by atoms with Crippen molar-refractivity contribution in [3.63, 3.8) is 0 Å². The highest BCUT2D eigenvalue weighted by Crippen LogP contribution is 2.68. The number of nitrogens with zero attached hydrogens (tertiary/aromatic N) is 1. The predicted molar refractivity (Wildman–Crippen MR) is 105 cm³/mol. The lowest BCUT2D eigenvalue weighted by molar-refractivity contribution is -0.214. The van der Waals surface area contributed by atoms with Crippen LogP contribution in [0.3, 0.4) is 0 Å². The van der Waals surface area contributed by atoms with Gasteiger partial charge in [-0.05, 0) is 93.0 Å². The van der Waals surface area contributed by atoms with Gasteiger partial charge in [-0.2, -0.15) is 0 Å². The second-order valence-electron chi connectivity index (χ2n) is 10.5. The SMILES string of the molecule is CC1([C@H]2CC[C@H]3[C@@H]4CCC5=CC(=NO)CC[C@]5(C)[C@H]4CC[C@]23C)OCCO1. The molecule has 4 heteroatoms. The molecule has 4 aliphatic carbocycles. The van der Waals surface area contributed by atoms with E-state index in [1.807, 2.05) is 0 Å². The highest BCUT2D eigenvalue weighted by atomic mass is 16.7. The van der Waals surface area contributed by atoms with E-state index in [4.69, 9.17) is 9.47 Å². The Hall–Kier alpha value is -0.870. The molecule has 5 rings (SSSR count). The van der Waals surface area contributed by atoms with Gasteiger partial charge in [0.1, 0.15) is 0 Å². The van der Waals surface area contributed by atoms with Crippen LogP contribution in [0.4, 0.5) is 0 Å². The molecule has 0 unspecified atom stereocenters. The average Bonchev–Trinajstić information content (AvgIpc) is 3.24. The molecule has 4 fully saturated rings. The Morgan fingerprint density at radius 1 is 0.963 bits per heavy atom. The van der Waals surface area contributed by atoms with Crippen molar-refractivity contribution in [3.8, 4) is 0 Å². The van der Waals surface area contributed by atoms with Gasteiger partial charge < -0.3 is 14.7 Å². The third-order valence-electron chi connectivity index (χ3n) is 9.60. The maximum absolute atomic E-state index is 9.23. The Kier molecular flexibility index (Phi) is 4.08. The topological polar surface area (TPSA) is 51.1 Å². The van der Waals surface area contributed by atoms with Crippen molar-refractivity contribution in [3.05, 3.63) is 11.6 Å². The fraction of sp³-hybridized carbons (Fsp3) is 0.870. The number of allylic oxidation sites excluding steroid dienone is 2. The van der Waals surface area contributed by atoms with E-state index in [1.54, 1.807) is 5.57 Å². The summed E-state index contributed by atoms with van der Waals surface area (Å²) in [6.45, 7) is 8.75. The van der Waals surface area contributed by atoms with E-state index in [-0.39, 0.29) is 5.79 Å². The van der Waals surface area contributed by atoms with Gasteiger partial charge in [0.15, 0.2) is 5.79 Å². The molecule has 3 saturated carbocycles. The Morgan fingerprint density at radius 3 is 2.48 bits per heavy atom. The summed E-state index contributed by atoms with van der Waals surface area (Å²) in [5.74, 6) is 2.58. The largest absolute Gasteiger partial charge is 0.411 e. The Morgan fingerprint density at radius 2 is 1.74 bits per heavy atom. The van der Waals surface area contributed by atoms with Gasteiger partial charge in [0, 0.05) is 5.92 Å². The molecule has 0 bridgehead atoms. The summed E-state index contributed by atoms with van der Waals surface area (Å²) < 4.78 is 12.3. The number of hydrogen-bond acceptors (Lipinski definition) is 4. The van der Waals surface area contributed by atoms with Crippen LogP contribution in [-0.2, 0) is 9.47 Å². The fourth-order valence-corrected chi connectivity index (χ4v) is 8.24. The van der Waals surface area contributed by atoms with Crippen molar-refractivity contribution in [2.75, 3.05) is 13.2 Å². The van der Waals surface area contributed by atoms with Crippen LogP contribution in [0.25, 0.3) is 0 Å². The molecule has 0 aromatic heterocycles. The molecule has 1 N–H and O–H groups in total. The minimum atomic E-state index is -0.364. The molecule has 5 aliphatic rings. The minimum Gasteiger partial charge on any atom is -0.411 e. The van der Waals surface area contributed by atoms with Gasteiger partial charge in [0.2, 0.25) is 0 Å². The summed E-state index contributed by atoms with van der Waals surface area (Å²) in [4.78, 5) is 0. The molecule has 1 aliphatic heterocycles.